The zero-order valence-electron chi connectivity index (χ0n) is 36.1. The monoisotopic (exact) mass is 812 g/mol. The molecule has 0 aliphatic carbocycles. The lowest BCUT2D eigenvalue weighted by molar-refractivity contribution is -0.147. The van der Waals surface area contributed by atoms with Gasteiger partial charge in [0.2, 0.25) is 5.91 Å². The van der Waals surface area contributed by atoms with Crippen molar-refractivity contribution in [1.82, 2.24) is 5.32 Å². The van der Waals surface area contributed by atoms with Crippen molar-refractivity contribution in [1.29, 1.82) is 0 Å². The van der Waals surface area contributed by atoms with E-state index in [9.17, 15) is 24.2 Å². The van der Waals surface area contributed by atoms with Crippen LogP contribution in [0.4, 0.5) is 0 Å². The molecule has 2 unspecified atom stereocenters. The Bertz CT molecular complexity index is 1020. The standard InChI is InChI=1S/C46H86NO8P/c1-3-5-7-9-11-13-15-17-19-20-21-22-23-24-25-27-29-31-33-35-37-39-46(50)53-42-44(48)43-55-56(51,52)54-41-40-47-45(49)38-36-34-32-30-28-26-18-16-14-12-10-8-6-4-2/h11,13,16-19,44,48H,3-10,12,14-15,20-43H2,1-2H3,(H,47,49)(H,51,52)/b13-11-,18-16-,19-17-. The summed E-state index contributed by atoms with van der Waals surface area (Å²) in [6.45, 7) is 3.52. The summed E-state index contributed by atoms with van der Waals surface area (Å²) >= 11 is 0. The topological polar surface area (TPSA) is 131 Å². The Labute approximate surface area is 343 Å². The summed E-state index contributed by atoms with van der Waals surface area (Å²) in [6.07, 6.45) is 47.9. The Morgan fingerprint density at radius 3 is 1.48 bits per heavy atom. The first-order valence-electron chi connectivity index (χ1n) is 23.0. The fraction of sp³-hybridized carbons (Fsp3) is 0.826. The van der Waals surface area contributed by atoms with E-state index in [1.165, 1.54) is 128 Å². The molecule has 0 bridgehead atoms. The van der Waals surface area contributed by atoms with E-state index in [1.54, 1.807) is 0 Å². The van der Waals surface area contributed by atoms with Gasteiger partial charge < -0.3 is 20.1 Å². The van der Waals surface area contributed by atoms with Gasteiger partial charge in [0, 0.05) is 19.4 Å². The maximum atomic E-state index is 12.1. The highest BCUT2D eigenvalue weighted by atomic mass is 31.2. The second-order valence-electron chi connectivity index (χ2n) is 15.4. The highest BCUT2D eigenvalue weighted by molar-refractivity contribution is 7.47. The molecular weight excluding hydrogens is 725 g/mol. The van der Waals surface area contributed by atoms with Gasteiger partial charge >= 0.3 is 13.8 Å². The molecule has 0 aliphatic heterocycles. The van der Waals surface area contributed by atoms with Gasteiger partial charge in [0.15, 0.2) is 0 Å². The molecule has 0 fully saturated rings. The molecule has 0 saturated carbocycles. The Morgan fingerprint density at radius 1 is 0.554 bits per heavy atom. The van der Waals surface area contributed by atoms with Crippen molar-refractivity contribution in [3.05, 3.63) is 36.5 Å². The number of hydrogen-bond acceptors (Lipinski definition) is 7. The number of hydrogen-bond donors (Lipinski definition) is 3. The first-order valence-corrected chi connectivity index (χ1v) is 24.5. The van der Waals surface area contributed by atoms with E-state index in [4.69, 9.17) is 13.8 Å². The molecule has 3 N–H and O–H groups in total. The summed E-state index contributed by atoms with van der Waals surface area (Å²) in [5.74, 6) is -0.524. The minimum atomic E-state index is -4.42. The zero-order chi connectivity index (χ0) is 41.1. The number of esters is 1. The lowest BCUT2D eigenvalue weighted by atomic mass is 10.0. The quantitative estimate of drug-likeness (QED) is 0.0240. The van der Waals surface area contributed by atoms with Crippen LogP contribution < -0.4 is 5.32 Å². The van der Waals surface area contributed by atoms with Crippen molar-refractivity contribution in [2.24, 2.45) is 0 Å². The first-order chi connectivity index (χ1) is 27.3. The molecule has 10 heteroatoms. The molecule has 2 atom stereocenters. The fourth-order valence-electron chi connectivity index (χ4n) is 6.29. The molecule has 328 valence electrons. The number of amides is 1. The second kappa shape index (κ2) is 42.8. The van der Waals surface area contributed by atoms with E-state index < -0.39 is 26.5 Å². The van der Waals surface area contributed by atoms with Crippen LogP contribution in [0, 0.1) is 0 Å². The average molecular weight is 812 g/mol. The minimum absolute atomic E-state index is 0.0777. The molecule has 0 aromatic carbocycles. The summed E-state index contributed by atoms with van der Waals surface area (Å²) in [5, 5.41) is 12.7. The van der Waals surface area contributed by atoms with E-state index >= 15 is 0 Å². The second-order valence-corrected chi connectivity index (χ2v) is 16.8. The summed E-state index contributed by atoms with van der Waals surface area (Å²) in [7, 11) is -4.42. The van der Waals surface area contributed by atoms with Gasteiger partial charge in [0.05, 0.1) is 13.2 Å². The van der Waals surface area contributed by atoms with Crippen molar-refractivity contribution in [2.75, 3.05) is 26.4 Å². The van der Waals surface area contributed by atoms with Crippen LogP contribution in [0.25, 0.3) is 0 Å². The summed E-state index contributed by atoms with van der Waals surface area (Å²) in [4.78, 5) is 33.9. The minimum Gasteiger partial charge on any atom is -0.463 e. The lowest BCUT2D eigenvalue weighted by Crippen LogP contribution is -2.27. The maximum absolute atomic E-state index is 12.1. The van der Waals surface area contributed by atoms with E-state index in [2.05, 4.69) is 55.6 Å². The third kappa shape index (κ3) is 43.4. The van der Waals surface area contributed by atoms with Crippen molar-refractivity contribution >= 4 is 19.7 Å². The molecule has 0 aromatic heterocycles. The molecule has 1 amide bonds. The number of aliphatic hydroxyl groups is 1. The predicted molar refractivity (Wildman–Crippen MR) is 234 cm³/mol. The fourth-order valence-corrected chi connectivity index (χ4v) is 7.04. The number of carbonyl (C=O) groups excluding carboxylic acids is 2. The van der Waals surface area contributed by atoms with Crippen LogP contribution >= 0.6 is 7.82 Å². The Morgan fingerprint density at radius 2 is 0.964 bits per heavy atom. The van der Waals surface area contributed by atoms with Crippen molar-refractivity contribution < 1.29 is 37.9 Å². The largest absolute Gasteiger partial charge is 0.472 e. The van der Waals surface area contributed by atoms with Crippen LogP contribution in [0.3, 0.4) is 0 Å². The van der Waals surface area contributed by atoms with E-state index in [0.717, 1.165) is 57.8 Å². The number of nitrogens with one attached hydrogen (secondary N) is 1. The van der Waals surface area contributed by atoms with Crippen LogP contribution in [0.5, 0.6) is 0 Å². The smallest absolute Gasteiger partial charge is 0.463 e. The molecule has 0 radical (unpaired) electrons. The zero-order valence-corrected chi connectivity index (χ0v) is 37.0. The molecular formula is C46H86NO8P. The Hall–Kier alpha value is -1.77. The molecule has 0 spiro atoms. The summed E-state index contributed by atoms with van der Waals surface area (Å²) in [5.41, 5.74) is 0. The number of phosphoric ester groups is 1. The van der Waals surface area contributed by atoms with E-state index in [-0.39, 0.29) is 32.1 Å². The van der Waals surface area contributed by atoms with Gasteiger partial charge in [-0.1, -0.05) is 166 Å². The summed E-state index contributed by atoms with van der Waals surface area (Å²) in [6, 6.07) is 0. The van der Waals surface area contributed by atoms with Crippen LogP contribution in [-0.2, 0) is 27.9 Å². The third-order valence-corrected chi connectivity index (χ3v) is 10.8. The van der Waals surface area contributed by atoms with Gasteiger partial charge in [-0.3, -0.25) is 18.6 Å². The van der Waals surface area contributed by atoms with Gasteiger partial charge in [0.1, 0.15) is 12.7 Å². The highest BCUT2D eigenvalue weighted by Gasteiger charge is 2.23. The first kappa shape index (κ1) is 54.2. The normalized spacial score (nSPS) is 13.6. The van der Waals surface area contributed by atoms with Gasteiger partial charge in [0.25, 0.3) is 0 Å². The number of phosphoric acid groups is 1. The molecule has 0 saturated heterocycles. The van der Waals surface area contributed by atoms with Gasteiger partial charge in [-0.05, 0) is 70.6 Å². The maximum Gasteiger partial charge on any atom is 0.472 e. The molecule has 0 aliphatic rings. The molecule has 0 heterocycles. The van der Waals surface area contributed by atoms with Gasteiger partial charge in [-0.25, -0.2) is 4.57 Å². The van der Waals surface area contributed by atoms with Crippen molar-refractivity contribution in [3.63, 3.8) is 0 Å². The van der Waals surface area contributed by atoms with Gasteiger partial charge in [-0.2, -0.15) is 0 Å². The molecule has 56 heavy (non-hydrogen) atoms. The Kier molecular flexibility index (Phi) is 41.5. The predicted octanol–water partition coefficient (Wildman–Crippen LogP) is 12.9. The van der Waals surface area contributed by atoms with Gasteiger partial charge in [-0.15, -0.1) is 0 Å². The number of unbranched alkanes of at least 4 members (excludes halogenated alkanes) is 24. The lowest BCUT2D eigenvalue weighted by Gasteiger charge is -2.15. The van der Waals surface area contributed by atoms with E-state index in [1.807, 2.05) is 0 Å². The number of allylic oxidation sites excluding steroid dienone is 6. The SMILES string of the molecule is CCCCC/C=C\C/C=C\CCCCCCCCCCCCCC(=O)OCC(O)COP(=O)(O)OCCNC(=O)CCCCCCC/C=C\CCCCCCC. The Balaban J connectivity index is 3.58. The average Bonchev–Trinajstić information content (AvgIpc) is 3.18. The van der Waals surface area contributed by atoms with E-state index in [0.29, 0.717) is 6.42 Å². The number of carbonyl (C=O) groups is 2. The number of ether oxygens (including phenoxy) is 1. The molecule has 0 rings (SSSR count). The van der Waals surface area contributed by atoms with Crippen LogP contribution in [0.1, 0.15) is 213 Å². The molecule has 9 nitrogen and oxygen atoms in total. The van der Waals surface area contributed by atoms with Crippen LogP contribution in [-0.4, -0.2) is 54.3 Å². The van der Waals surface area contributed by atoms with Crippen LogP contribution in [0.2, 0.25) is 0 Å². The van der Waals surface area contributed by atoms with Crippen molar-refractivity contribution in [2.45, 2.75) is 219 Å². The summed E-state index contributed by atoms with van der Waals surface area (Å²) < 4.78 is 26.9. The third-order valence-electron chi connectivity index (χ3n) is 9.79. The number of aliphatic hydroxyl groups excluding tert-OH is 1. The number of rotatable bonds is 43. The van der Waals surface area contributed by atoms with Crippen LogP contribution in [0.15, 0.2) is 36.5 Å². The molecule has 0 aromatic rings. The van der Waals surface area contributed by atoms with Crippen molar-refractivity contribution in [3.8, 4) is 0 Å². The highest BCUT2D eigenvalue weighted by Crippen LogP contribution is 2.42.